The van der Waals surface area contributed by atoms with Crippen LogP contribution in [0.5, 0.6) is 0 Å². The highest BCUT2D eigenvalue weighted by Crippen LogP contribution is 2.24. The maximum atomic E-state index is 12.1. The van der Waals surface area contributed by atoms with Crippen LogP contribution in [0, 0.1) is 0 Å². The predicted molar refractivity (Wildman–Crippen MR) is 95.3 cm³/mol. The second kappa shape index (κ2) is 7.23. The fourth-order valence-corrected chi connectivity index (χ4v) is 3.03. The summed E-state index contributed by atoms with van der Waals surface area (Å²) >= 11 is 1.36. The molecule has 0 fully saturated rings. The number of hydrogen-bond acceptors (Lipinski definition) is 5. The topological polar surface area (TPSA) is 72.0 Å². The zero-order chi connectivity index (χ0) is 16.9. The van der Waals surface area contributed by atoms with Crippen LogP contribution in [0.2, 0.25) is 0 Å². The predicted octanol–water partition coefficient (Wildman–Crippen LogP) is 3.56. The minimum atomic E-state index is -0.150. The molecule has 0 radical (unpaired) electrons. The Morgan fingerprint density at radius 1 is 1.08 bits per heavy atom. The molecule has 0 spiro atoms. The molecule has 3 rings (SSSR count). The van der Waals surface area contributed by atoms with E-state index in [-0.39, 0.29) is 17.4 Å². The second-order valence-corrected chi connectivity index (χ2v) is 6.13. The van der Waals surface area contributed by atoms with E-state index in [2.05, 4.69) is 15.3 Å². The molecular weight excluding hydrogens is 322 g/mol. The molecule has 0 saturated heterocycles. The Morgan fingerprint density at radius 2 is 1.92 bits per heavy atom. The molecule has 1 amide bonds. The summed E-state index contributed by atoms with van der Waals surface area (Å²) in [7, 11) is 0. The molecule has 1 heterocycles. The summed E-state index contributed by atoms with van der Waals surface area (Å²) < 4.78 is 0. The average Bonchev–Trinajstić information content (AvgIpc) is 2.60. The van der Waals surface area contributed by atoms with E-state index in [0.717, 1.165) is 15.9 Å². The van der Waals surface area contributed by atoms with Gasteiger partial charge in [0, 0.05) is 16.6 Å². The van der Waals surface area contributed by atoms with Crippen LogP contribution in [0.3, 0.4) is 0 Å². The van der Waals surface area contributed by atoms with Gasteiger partial charge >= 0.3 is 0 Å². The van der Waals surface area contributed by atoms with Crippen molar-refractivity contribution < 1.29 is 9.59 Å². The number of thioether (sulfide) groups is 1. The molecule has 0 aliphatic heterocycles. The Hall–Kier alpha value is -2.73. The Balaban J connectivity index is 1.67. The number of aromatic nitrogens is 2. The maximum Gasteiger partial charge on any atom is 0.234 e. The normalized spacial score (nSPS) is 10.5. The van der Waals surface area contributed by atoms with E-state index in [1.54, 1.807) is 24.3 Å². The number of carbonyl (C=O) groups excluding carboxylic acids is 2. The maximum absolute atomic E-state index is 12.1. The molecule has 24 heavy (non-hydrogen) atoms. The van der Waals surface area contributed by atoms with Gasteiger partial charge in [0.15, 0.2) is 5.78 Å². The smallest absolute Gasteiger partial charge is 0.234 e. The van der Waals surface area contributed by atoms with Gasteiger partial charge in [-0.25, -0.2) is 9.97 Å². The highest BCUT2D eigenvalue weighted by Gasteiger charge is 2.09. The molecule has 0 atom stereocenters. The fourth-order valence-electron chi connectivity index (χ4n) is 2.24. The third-order valence-electron chi connectivity index (χ3n) is 3.40. The molecule has 0 aliphatic rings. The number of amides is 1. The van der Waals surface area contributed by atoms with Gasteiger partial charge in [-0.15, -0.1) is 0 Å². The van der Waals surface area contributed by atoms with Crippen LogP contribution in [0.4, 0.5) is 5.69 Å². The van der Waals surface area contributed by atoms with Crippen molar-refractivity contribution in [3.63, 3.8) is 0 Å². The molecule has 1 N–H and O–H groups in total. The lowest BCUT2D eigenvalue weighted by Crippen LogP contribution is -2.14. The van der Waals surface area contributed by atoms with Gasteiger partial charge in [-0.3, -0.25) is 9.59 Å². The SMILES string of the molecule is CC(=O)c1cccc(NC(=O)CSc2ncnc3ccccc23)c1. The van der Waals surface area contributed by atoms with E-state index in [0.29, 0.717) is 11.3 Å². The lowest BCUT2D eigenvalue weighted by molar-refractivity contribution is -0.113. The first-order valence-electron chi connectivity index (χ1n) is 7.37. The van der Waals surface area contributed by atoms with E-state index >= 15 is 0 Å². The summed E-state index contributed by atoms with van der Waals surface area (Å²) in [6.07, 6.45) is 1.50. The minimum absolute atomic E-state index is 0.0343. The van der Waals surface area contributed by atoms with E-state index in [1.807, 2.05) is 24.3 Å². The van der Waals surface area contributed by atoms with Crippen LogP contribution in [0.15, 0.2) is 59.9 Å². The standard InChI is InChI=1S/C18H15N3O2S/c1-12(22)13-5-4-6-14(9-13)21-17(23)10-24-18-15-7-2-3-8-16(15)19-11-20-18/h2-9,11H,10H2,1H3,(H,21,23). The Morgan fingerprint density at radius 3 is 2.75 bits per heavy atom. The number of benzene rings is 2. The van der Waals surface area contributed by atoms with Crippen molar-refractivity contribution in [3.05, 3.63) is 60.4 Å². The van der Waals surface area contributed by atoms with Crippen molar-refractivity contribution >= 4 is 40.0 Å². The second-order valence-electron chi connectivity index (χ2n) is 5.17. The van der Waals surface area contributed by atoms with Crippen molar-refractivity contribution in [2.24, 2.45) is 0 Å². The lowest BCUT2D eigenvalue weighted by Gasteiger charge is -2.07. The fraction of sp³-hybridized carbons (Fsp3) is 0.111. The van der Waals surface area contributed by atoms with Crippen LogP contribution < -0.4 is 5.32 Å². The molecule has 1 aromatic heterocycles. The number of ketones is 1. The number of carbonyl (C=O) groups is 2. The van der Waals surface area contributed by atoms with Crippen LogP contribution in [0.1, 0.15) is 17.3 Å². The van der Waals surface area contributed by atoms with Crippen molar-refractivity contribution in [2.45, 2.75) is 11.9 Å². The molecule has 0 aliphatic carbocycles. The van der Waals surface area contributed by atoms with Gasteiger partial charge < -0.3 is 5.32 Å². The highest BCUT2D eigenvalue weighted by molar-refractivity contribution is 8.00. The van der Waals surface area contributed by atoms with Crippen molar-refractivity contribution in [1.29, 1.82) is 0 Å². The van der Waals surface area contributed by atoms with Gasteiger partial charge in [0.1, 0.15) is 11.4 Å². The molecule has 5 nitrogen and oxygen atoms in total. The molecule has 6 heteroatoms. The Bertz CT molecular complexity index is 906. The van der Waals surface area contributed by atoms with E-state index in [1.165, 1.54) is 25.0 Å². The number of nitrogens with zero attached hydrogens (tertiary/aromatic N) is 2. The number of anilines is 1. The molecule has 0 saturated carbocycles. The molecule has 0 unspecified atom stereocenters. The molecule has 120 valence electrons. The molecule has 3 aromatic rings. The van der Waals surface area contributed by atoms with Gasteiger partial charge in [0.2, 0.25) is 5.91 Å². The molecule has 2 aromatic carbocycles. The summed E-state index contributed by atoms with van der Waals surface area (Å²) in [4.78, 5) is 32.0. The average molecular weight is 337 g/mol. The largest absolute Gasteiger partial charge is 0.325 e. The van der Waals surface area contributed by atoms with Crippen LogP contribution in [-0.4, -0.2) is 27.4 Å². The van der Waals surface area contributed by atoms with Gasteiger partial charge in [0.25, 0.3) is 0 Å². The first kappa shape index (κ1) is 16.1. The number of rotatable bonds is 5. The summed E-state index contributed by atoms with van der Waals surface area (Å²) in [5.74, 6) is 0.0435. The molecule has 0 bridgehead atoms. The van der Waals surface area contributed by atoms with E-state index < -0.39 is 0 Å². The number of Topliss-reactive ketones (excluding diaryl/α,β-unsaturated/α-hetero) is 1. The number of nitrogens with one attached hydrogen (secondary N) is 1. The third-order valence-corrected chi connectivity index (χ3v) is 4.40. The highest BCUT2D eigenvalue weighted by atomic mass is 32.2. The van der Waals surface area contributed by atoms with Crippen molar-refractivity contribution in [3.8, 4) is 0 Å². The zero-order valence-electron chi connectivity index (χ0n) is 13.0. The summed E-state index contributed by atoms with van der Waals surface area (Å²) in [5, 5.41) is 4.50. The number of fused-ring (bicyclic) bond motifs is 1. The Labute approximate surface area is 143 Å². The first-order valence-corrected chi connectivity index (χ1v) is 8.35. The van der Waals surface area contributed by atoms with Gasteiger partial charge in [-0.1, -0.05) is 42.1 Å². The quantitative estimate of drug-likeness (QED) is 0.438. The third kappa shape index (κ3) is 3.78. The lowest BCUT2D eigenvalue weighted by atomic mass is 10.1. The van der Waals surface area contributed by atoms with Gasteiger partial charge in [-0.05, 0) is 25.1 Å². The van der Waals surface area contributed by atoms with Crippen LogP contribution in [0.25, 0.3) is 10.9 Å². The van der Waals surface area contributed by atoms with Gasteiger partial charge in [0.05, 0.1) is 11.3 Å². The summed E-state index contributed by atoms with van der Waals surface area (Å²) in [6, 6.07) is 14.6. The molecular formula is C18H15N3O2S. The minimum Gasteiger partial charge on any atom is -0.325 e. The number of hydrogen-bond donors (Lipinski definition) is 1. The van der Waals surface area contributed by atoms with E-state index in [4.69, 9.17) is 0 Å². The van der Waals surface area contributed by atoms with Crippen LogP contribution >= 0.6 is 11.8 Å². The van der Waals surface area contributed by atoms with Gasteiger partial charge in [-0.2, -0.15) is 0 Å². The monoisotopic (exact) mass is 337 g/mol. The zero-order valence-corrected chi connectivity index (χ0v) is 13.8. The summed E-state index contributed by atoms with van der Waals surface area (Å²) in [6.45, 7) is 1.50. The number of para-hydroxylation sites is 1. The summed E-state index contributed by atoms with van der Waals surface area (Å²) in [5.41, 5.74) is 2.03. The van der Waals surface area contributed by atoms with Crippen molar-refractivity contribution in [2.75, 3.05) is 11.1 Å². The Kier molecular flexibility index (Phi) is 4.86. The van der Waals surface area contributed by atoms with Crippen molar-refractivity contribution in [1.82, 2.24) is 9.97 Å². The first-order chi connectivity index (χ1) is 11.6. The van der Waals surface area contributed by atoms with E-state index in [9.17, 15) is 9.59 Å². The van der Waals surface area contributed by atoms with Crippen LogP contribution in [-0.2, 0) is 4.79 Å².